The van der Waals surface area contributed by atoms with Gasteiger partial charge in [-0.1, -0.05) is 76.4 Å². The summed E-state index contributed by atoms with van der Waals surface area (Å²) in [6.45, 7) is 3.93. The highest BCUT2D eigenvalue weighted by Crippen LogP contribution is 2.12. The minimum atomic E-state index is -0.833. The van der Waals surface area contributed by atoms with Crippen molar-refractivity contribution < 1.29 is 9.90 Å². The van der Waals surface area contributed by atoms with E-state index in [1.807, 2.05) is 0 Å². The molecule has 0 amide bonds. The monoisotopic (exact) mass is 381 g/mol. The number of nitrogens with one attached hydrogen (secondary N) is 1. The number of aliphatic imine (C=N–C) groups is 1. The number of nitrogens with zero attached hydrogens (tertiary/aromatic N) is 1. The molecule has 0 atom stereocenters. The number of carboxylic acid groups (broad SMARTS) is 1. The highest BCUT2D eigenvalue weighted by molar-refractivity contribution is 5.84. The van der Waals surface area contributed by atoms with E-state index in [1.165, 1.54) is 89.3 Å². The predicted molar refractivity (Wildman–Crippen MR) is 116 cm³/mol. The normalized spacial score (nSPS) is 13.2. The maximum atomic E-state index is 9.00. The fourth-order valence-corrected chi connectivity index (χ4v) is 3.07. The molecule has 0 fully saturated rings. The lowest BCUT2D eigenvalue weighted by Crippen LogP contribution is -2.17. The van der Waals surface area contributed by atoms with Crippen LogP contribution < -0.4 is 11.1 Å². The Morgan fingerprint density at radius 3 is 1.89 bits per heavy atom. The third-order valence-electron chi connectivity index (χ3n) is 4.55. The van der Waals surface area contributed by atoms with Gasteiger partial charge in [0, 0.05) is 19.9 Å². The Bertz CT molecular complexity index is 391. The zero-order chi connectivity index (χ0) is 20.0. The van der Waals surface area contributed by atoms with Crippen molar-refractivity contribution in [2.24, 2.45) is 10.7 Å². The van der Waals surface area contributed by atoms with Crippen LogP contribution in [0.1, 0.15) is 96.8 Å². The second-order valence-corrected chi connectivity index (χ2v) is 7.27. The van der Waals surface area contributed by atoms with Crippen molar-refractivity contribution in [1.29, 1.82) is 0 Å². The largest absolute Gasteiger partial charge is 0.481 e. The highest BCUT2D eigenvalue weighted by atomic mass is 16.4. The first-order chi connectivity index (χ1) is 13.2. The van der Waals surface area contributed by atoms with Crippen LogP contribution >= 0.6 is 0 Å². The molecule has 1 aliphatic heterocycles. The number of carbonyl (C=O) groups is 1. The van der Waals surface area contributed by atoms with Crippen LogP contribution in [0.5, 0.6) is 0 Å². The number of carboxylic acids is 1. The number of nitrogens with two attached hydrogens (primary N) is 1. The van der Waals surface area contributed by atoms with Gasteiger partial charge in [0.05, 0.1) is 6.54 Å². The van der Waals surface area contributed by atoms with Gasteiger partial charge in [-0.3, -0.25) is 9.79 Å². The smallest absolute Gasteiger partial charge is 0.300 e. The Morgan fingerprint density at radius 1 is 0.963 bits per heavy atom. The van der Waals surface area contributed by atoms with E-state index in [2.05, 4.69) is 22.5 Å². The standard InChI is InChI=1S/C20H39N3.C2H4O2/c21-17-15-13-11-9-7-5-3-1-2-4-6-8-10-12-14-16-20-22-18-19-23-20;1-2(3)4/h12,14H,1-11,13,15-19,21H2,(H,22,23);1H3,(H,3,4). The third kappa shape index (κ3) is 22.6. The fraction of sp³-hybridized carbons (Fsp3) is 0.818. The average Bonchev–Trinajstić information content (AvgIpc) is 3.14. The number of amidine groups is 1. The van der Waals surface area contributed by atoms with Crippen LogP contribution in [0, 0.1) is 0 Å². The summed E-state index contributed by atoms with van der Waals surface area (Å²) in [5.74, 6) is 0.334. The van der Waals surface area contributed by atoms with Gasteiger partial charge in [-0.2, -0.15) is 0 Å². The van der Waals surface area contributed by atoms with Gasteiger partial charge in [0.1, 0.15) is 5.84 Å². The summed E-state index contributed by atoms with van der Waals surface area (Å²) in [5.41, 5.74) is 5.50. The molecule has 0 aromatic heterocycles. The van der Waals surface area contributed by atoms with E-state index in [1.54, 1.807) is 0 Å². The van der Waals surface area contributed by atoms with E-state index >= 15 is 0 Å². The molecule has 5 heteroatoms. The molecule has 1 rings (SSSR count). The van der Waals surface area contributed by atoms with Gasteiger partial charge in [0.2, 0.25) is 0 Å². The number of hydrogen-bond donors (Lipinski definition) is 3. The first kappa shape index (κ1) is 25.6. The molecule has 0 aliphatic carbocycles. The minimum Gasteiger partial charge on any atom is -0.481 e. The summed E-state index contributed by atoms with van der Waals surface area (Å²) in [7, 11) is 0. The fourth-order valence-electron chi connectivity index (χ4n) is 3.07. The molecule has 1 aliphatic rings. The summed E-state index contributed by atoms with van der Waals surface area (Å²) in [5, 5.41) is 10.7. The minimum absolute atomic E-state index is 0.833. The second kappa shape index (κ2) is 20.9. The van der Waals surface area contributed by atoms with Crippen LogP contribution in [0.15, 0.2) is 17.1 Å². The van der Waals surface area contributed by atoms with Crippen molar-refractivity contribution in [3.05, 3.63) is 12.2 Å². The Kier molecular flexibility index (Phi) is 19.9. The van der Waals surface area contributed by atoms with Gasteiger partial charge in [0.15, 0.2) is 0 Å². The molecule has 0 spiro atoms. The van der Waals surface area contributed by atoms with Crippen LogP contribution in [-0.4, -0.2) is 36.5 Å². The molecule has 4 N–H and O–H groups in total. The van der Waals surface area contributed by atoms with E-state index < -0.39 is 5.97 Å². The molecular weight excluding hydrogens is 338 g/mol. The molecule has 0 bridgehead atoms. The number of rotatable bonds is 16. The Balaban J connectivity index is 0.00000153. The summed E-state index contributed by atoms with van der Waals surface area (Å²) < 4.78 is 0. The molecule has 5 nitrogen and oxygen atoms in total. The lowest BCUT2D eigenvalue weighted by Gasteiger charge is -2.02. The molecule has 0 radical (unpaired) electrons. The number of aliphatic carboxylic acids is 1. The summed E-state index contributed by atoms with van der Waals surface area (Å²) in [4.78, 5) is 13.4. The lowest BCUT2D eigenvalue weighted by atomic mass is 10.0. The first-order valence-electron chi connectivity index (χ1n) is 11.0. The molecule has 0 saturated carbocycles. The average molecular weight is 382 g/mol. The Morgan fingerprint density at radius 2 is 1.44 bits per heavy atom. The molecule has 0 saturated heterocycles. The van der Waals surface area contributed by atoms with Crippen molar-refractivity contribution >= 4 is 11.8 Å². The first-order valence-corrected chi connectivity index (χ1v) is 11.0. The Labute approximate surface area is 166 Å². The topological polar surface area (TPSA) is 87.7 Å². The van der Waals surface area contributed by atoms with Gasteiger partial charge in [0.25, 0.3) is 5.97 Å². The van der Waals surface area contributed by atoms with Gasteiger partial charge in [-0.15, -0.1) is 0 Å². The summed E-state index contributed by atoms with van der Waals surface area (Å²) in [6, 6.07) is 0. The predicted octanol–water partition coefficient (Wildman–Crippen LogP) is 5.06. The van der Waals surface area contributed by atoms with Crippen LogP contribution in [0.25, 0.3) is 0 Å². The molecule has 1 heterocycles. The van der Waals surface area contributed by atoms with Gasteiger partial charge >= 0.3 is 0 Å². The van der Waals surface area contributed by atoms with Crippen molar-refractivity contribution in [2.75, 3.05) is 19.6 Å². The maximum Gasteiger partial charge on any atom is 0.300 e. The van der Waals surface area contributed by atoms with Gasteiger partial charge < -0.3 is 16.2 Å². The summed E-state index contributed by atoms with van der Waals surface area (Å²) in [6.07, 6.45) is 23.5. The van der Waals surface area contributed by atoms with Gasteiger partial charge in [-0.25, -0.2) is 0 Å². The van der Waals surface area contributed by atoms with Crippen molar-refractivity contribution in [1.82, 2.24) is 5.32 Å². The van der Waals surface area contributed by atoms with Crippen LogP contribution in [-0.2, 0) is 4.79 Å². The van der Waals surface area contributed by atoms with E-state index in [4.69, 9.17) is 15.6 Å². The lowest BCUT2D eigenvalue weighted by molar-refractivity contribution is -0.134. The van der Waals surface area contributed by atoms with Crippen LogP contribution in [0.2, 0.25) is 0 Å². The van der Waals surface area contributed by atoms with E-state index in [9.17, 15) is 0 Å². The van der Waals surface area contributed by atoms with Crippen molar-refractivity contribution in [3.63, 3.8) is 0 Å². The zero-order valence-electron chi connectivity index (χ0n) is 17.6. The van der Waals surface area contributed by atoms with Crippen LogP contribution in [0.3, 0.4) is 0 Å². The second-order valence-electron chi connectivity index (χ2n) is 7.27. The quantitative estimate of drug-likeness (QED) is 0.258. The van der Waals surface area contributed by atoms with E-state index in [-0.39, 0.29) is 0 Å². The molecule has 158 valence electrons. The van der Waals surface area contributed by atoms with Gasteiger partial charge in [-0.05, 0) is 25.8 Å². The molecule has 0 aromatic carbocycles. The van der Waals surface area contributed by atoms with Crippen molar-refractivity contribution in [2.45, 2.75) is 96.8 Å². The van der Waals surface area contributed by atoms with Crippen LogP contribution in [0.4, 0.5) is 0 Å². The maximum absolute atomic E-state index is 9.00. The molecular formula is C22H43N3O2. The molecule has 0 aromatic rings. The number of hydrogen-bond acceptors (Lipinski definition) is 4. The highest BCUT2D eigenvalue weighted by Gasteiger charge is 2.00. The Hall–Kier alpha value is -1.36. The summed E-state index contributed by atoms with van der Waals surface area (Å²) >= 11 is 0. The SMILES string of the molecule is CC(=O)O.NCCCCCCCCCCCCCCC=CCC1=NCCN1. The third-order valence-corrected chi connectivity index (χ3v) is 4.55. The zero-order valence-corrected chi connectivity index (χ0v) is 17.6. The van der Waals surface area contributed by atoms with Crippen molar-refractivity contribution in [3.8, 4) is 0 Å². The number of unbranched alkanes of at least 4 members (excludes halogenated alkanes) is 12. The number of allylic oxidation sites excluding steroid dienone is 1. The van der Waals surface area contributed by atoms with E-state index in [0.717, 1.165) is 33.0 Å². The van der Waals surface area contributed by atoms with E-state index in [0.29, 0.717) is 0 Å². The molecule has 0 unspecified atom stereocenters. The molecule has 27 heavy (non-hydrogen) atoms.